The monoisotopic (exact) mass is 252 g/mol. The van der Waals surface area contributed by atoms with E-state index in [0.29, 0.717) is 6.54 Å². The van der Waals surface area contributed by atoms with Crippen LogP contribution in [0.2, 0.25) is 0 Å². The van der Waals surface area contributed by atoms with E-state index in [4.69, 9.17) is 12.2 Å². The highest BCUT2D eigenvalue weighted by Gasteiger charge is 2.06. The molecule has 0 bridgehead atoms. The van der Waals surface area contributed by atoms with Gasteiger partial charge in [-0.15, -0.1) is 0 Å². The SMILES string of the molecule is S=C(Cn1ccnc1)c1cccc2ccccc12. The molecule has 0 radical (unpaired) electrons. The van der Waals surface area contributed by atoms with E-state index in [1.165, 1.54) is 10.8 Å². The Morgan fingerprint density at radius 1 is 1.11 bits per heavy atom. The van der Waals surface area contributed by atoms with Crippen LogP contribution in [-0.4, -0.2) is 14.4 Å². The van der Waals surface area contributed by atoms with Crippen LogP contribution in [0.4, 0.5) is 0 Å². The molecule has 2 nitrogen and oxygen atoms in total. The van der Waals surface area contributed by atoms with Gasteiger partial charge in [0.2, 0.25) is 0 Å². The summed E-state index contributed by atoms with van der Waals surface area (Å²) in [6, 6.07) is 14.6. The van der Waals surface area contributed by atoms with Crippen molar-refractivity contribution in [3.63, 3.8) is 0 Å². The molecule has 0 saturated heterocycles. The number of hydrogen-bond acceptors (Lipinski definition) is 2. The largest absolute Gasteiger partial charge is 0.332 e. The highest BCUT2D eigenvalue weighted by atomic mass is 32.1. The zero-order valence-electron chi connectivity index (χ0n) is 9.78. The van der Waals surface area contributed by atoms with Gasteiger partial charge in [0.1, 0.15) is 0 Å². The molecule has 0 unspecified atom stereocenters. The minimum Gasteiger partial charge on any atom is -0.332 e. The first kappa shape index (κ1) is 11.1. The Hall–Kier alpha value is -2.00. The van der Waals surface area contributed by atoms with Crippen molar-refractivity contribution in [1.29, 1.82) is 0 Å². The number of fused-ring (bicyclic) bond motifs is 1. The summed E-state index contributed by atoms with van der Waals surface area (Å²) in [4.78, 5) is 4.97. The van der Waals surface area contributed by atoms with Crippen LogP contribution in [0, 0.1) is 0 Å². The summed E-state index contributed by atoms with van der Waals surface area (Å²) in [6.45, 7) is 0.698. The second kappa shape index (κ2) is 4.70. The van der Waals surface area contributed by atoms with E-state index in [-0.39, 0.29) is 0 Å². The molecule has 1 heterocycles. The number of rotatable bonds is 3. The predicted molar refractivity (Wildman–Crippen MR) is 77.9 cm³/mol. The fourth-order valence-corrected chi connectivity index (χ4v) is 2.43. The van der Waals surface area contributed by atoms with Gasteiger partial charge in [-0.1, -0.05) is 54.7 Å². The molecule has 0 N–H and O–H groups in total. The van der Waals surface area contributed by atoms with E-state index < -0.39 is 0 Å². The van der Waals surface area contributed by atoms with Gasteiger partial charge in [-0.3, -0.25) is 0 Å². The van der Waals surface area contributed by atoms with Crippen LogP contribution in [0.15, 0.2) is 61.2 Å². The van der Waals surface area contributed by atoms with Crippen molar-refractivity contribution >= 4 is 27.9 Å². The fraction of sp³-hybridized carbons (Fsp3) is 0.0667. The van der Waals surface area contributed by atoms with Gasteiger partial charge < -0.3 is 4.57 Å². The average Bonchev–Trinajstić information content (AvgIpc) is 2.91. The van der Waals surface area contributed by atoms with Gasteiger partial charge in [0, 0.05) is 17.3 Å². The van der Waals surface area contributed by atoms with E-state index >= 15 is 0 Å². The summed E-state index contributed by atoms with van der Waals surface area (Å²) in [6.07, 6.45) is 5.49. The van der Waals surface area contributed by atoms with Crippen molar-refractivity contribution in [3.05, 3.63) is 66.7 Å². The van der Waals surface area contributed by atoms with E-state index in [0.717, 1.165) is 10.4 Å². The molecule has 2 aromatic carbocycles. The Balaban J connectivity index is 2.01. The summed E-state index contributed by atoms with van der Waals surface area (Å²) in [5.41, 5.74) is 1.14. The van der Waals surface area contributed by atoms with Gasteiger partial charge in [-0.2, -0.15) is 0 Å². The van der Waals surface area contributed by atoms with E-state index in [2.05, 4.69) is 35.3 Å². The maximum atomic E-state index is 5.55. The number of hydrogen-bond donors (Lipinski definition) is 0. The highest BCUT2D eigenvalue weighted by molar-refractivity contribution is 7.80. The number of thiocarbonyl (C=S) groups is 1. The first-order chi connectivity index (χ1) is 8.84. The van der Waals surface area contributed by atoms with Crippen molar-refractivity contribution in [1.82, 2.24) is 9.55 Å². The van der Waals surface area contributed by atoms with Crippen molar-refractivity contribution in [2.45, 2.75) is 6.54 Å². The Kier molecular flexibility index (Phi) is 2.90. The van der Waals surface area contributed by atoms with Crippen LogP contribution in [0.1, 0.15) is 5.56 Å². The average molecular weight is 252 g/mol. The molecule has 0 saturated carbocycles. The topological polar surface area (TPSA) is 17.8 Å². The molecule has 0 aliphatic carbocycles. The smallest absolute Gasteiger partial charge is 0.0949 e. The molecule has 0 aliphatic rings. The highest BCUT2D eigenvalue weighted by Crippen LogP contribution is 2.19. The zero-order chi connectivity index (χ0) is 12.4. The molecule has 0 fully saturated rings. The van der Waals surface area contributed by atoms with Gasteiger partial charge in [-0.05, 0) is 16.3 Å². The van der Waals surface area contributed by atoms with Gasteiger partial charge in [-0.25, -0.2) is 4.98 Å². The van der Waals surface area contributed by atoms with Crippen LogP contribution in [0.5, 0.6) is 0 Å². The third-order valence-electron chi connectivity index (χ3n) is 2.98. The first-order valence-corrected chi connectivity index (χ1v) is 6.22. The van der Waals surface area contributed by atoms with E-state index in [1.54, 1.807) is 12.5 Å². The summed E-state index contributed by atoms with van der Waals surface area (Å²) in [7, 11) is 0. The van der Waals surface area contributed by atoms with Crippen LogP contribution in [0.25, 0.3) is 10.8 Å². The molecule has 3 rings (SSSR count). The minimum atomic E-state index is 0.698. The number of imidazole rings is 1. The number of benzene rings is 2. The second-order valence-electron chi connectivity index (χ2n) is 4.18. The molecule has 0 aliphatic heterocycles. The number of aromatic nitrogens is 2. The molecule has 3 heteroatoms. The lowest BCUT2D eigenvalue weighted by Crippen LogP contribution is -2.08. The Bertz CT molecular complexity index is 681. The van der Waals surface area contributed by atoms with Crippen molar-refractivity contribution < 1.29 is 0 Å². The fourth-order valence-electron chi connectivity index (χ4n) is 2.10. The predicted octanol–water partition coefficient (Wildman–Crippen LogP) is 3.45. The molecular weight excluding hydrogens is 240 g/mol. The molecule has 88 valence electrons. The Morgan fingerprint density at radius 2 is 1.94 bits per heavy atom. The summed E-state index contributed by atoms with van der Waals surface area (Å²) in [5.74, 6) is 0. The molecule has 18 heavy (non-hydrogen) atoms. The van der Waals surface area contributed by atoms with Crippen molar-refractivity contribution in [2.24, 2.45) is 0 Å². The molecule has 0 atom stereocenters. The van der Waals surface area contributed by atoms with Crippen LogP contribution >= 0.6 is 12.2 Å². The van der Waals surface area contributed by atoms with Crippen LogP contribution in [0.3, 0.4) is 0 Å². The van der Waals surface area contributed by atoms with Gasteiger partial charge in [0.25, 0.3) is 0 Å². The van der Waals surface area contributed by atoms with Crippen LogP contribution in [-0.2, 0) is 6.54 Å². The second-order valence-corrected chi connectivity index (χ2v) is 4.68. The van der Waals surface area contributed by atoms with Gasteiger partial charge in [0.05, 0.1) is 12.9 Å². The quantitative estimate of drug-likeness (QED) is 0.525. The molecular formula is C15H12N2S. The third kappa shape index (κ3) is 2.05. The van der Waals surface area contributed by atoms with Gasteiger partial charge in [0.15, 0.2) is 0 Å². The molecule has 1 aromatic heterocycles. The maximum Gasteiger partial charge on any atom is 0.0949 e. The Labute approximate surface area is 111 Å². The van der Waals surface area contributed by atoms with Gasteiger partial charge >= 0.3 is 0 Å². The Morgan fingerprint density at radius 3 is 2.78 bits per heavy atom. The summed E-state index contributed by atoms with van der Waals surface area (Å²) in [5, 5.41) is 2.44. The number of nitrogens with zero attached hydrogens (tertiary/aromatic N) is 2. The molecule has 3 aromatic rings. The molecule has 0 spiro atoms. The molecule has 0 amide bonds. The van der Waals surface area contributed by atoms with Crippen molar-refractivity contribution in [3.8, 4) is 0 Å². The maximum absolute atomic E-state index is 5.55. The third-order valence-corrected chi connectivity index (χ3v) is 3.32. The standard InChI is InChI=1S/C15H12N2S/c18-15(10-17-9-8-16-11-17)14-7-3-5-12-4-1-2-6-13(12)14/h1-9,11H,10H2. The normalized spacial score (nSPS) is 10.7. The summed E-state index contributed by atoms with van der Waals surface area (Å²) >= 11 is 5.55. The summed E-state index contributed by atoms with van der Waals surface area (Å²) < 4.78 is 1.99. The first-order valence-electron chi connectivity index (χ1n) is 5.81. The van der Waals surface area contributed by atoms with E-state index in [9.17, 15) is 0 Å². The zero-order valence-corrected chi connectivity index (χ0v) is 10.6. The van der Waals surface area contributed by atoms with E-state index in [1.807, 2.05) is 22.9 Å². The minimum absolute atomic E-state index is 0.698. The lowest BCUT2D eigenvalue weighted by molar-refractivity contribution is 0.859. The van der Waals surface area contributed by atoms with Crippen molar-refractivity contribution in [2.75, 3.05) is 0 Å². The lowest BCUT2D eigenvalue weighted by atomic mass is 10.0. The lowest BCUT2D eigenvalue weighted by Gasteiger charge is -2.08. The van der Waals surface area contributed by atoms with Crippen LogP contribution < -0.4 is 0 Å².